The third-order valence-corrected chi connectivity index (χ3v) is 5.85. The van der Waals surface area contributed by atoms with E-state index in [2.05, 4.69) is 10.6 Å². The van der Waals surface area contributed by atoms with Crippen LogP contribution in [0.4, 0.5) is 11.4 Å². The number of carbonyl (C=O) groups excluding carboxylic acids is 3. The van der Waals surface area contributed by atoms with Gasteiger partial charge in [0.1, 0.15) is 17.2 Å². The second kappa shape index (κ2) is 11.7. The van der Waals surface area contributed by atoms with Gasteiger partial charge in [-0.1, -0.05) is 12.1 Å². The Kier molecular flexibility index (Phi) is 8.01. The first-order valence-corrected chi connectivity index (χ1v) is 11.8. The van der Waals surface area contributed by atoms with E-state index in [0.717, 1.165) is 5.69 Å². The van der Waals surface area contributed by atoms with Gasteiger partial charge in [0.25, 0.3) is 12.4 Å². The molecule has 1 amide bonds. The van der Waals surface area contributed by atoms with E-state index in [1.54, 1.807) is 36.4 Å². The Hall–Kier alpha value is -5.44. The minimum Gasteiger partial charge on any atom is -0.478 e. The van der Waals surface area contributed by atoms with E-state index in [1.165, 1.54) is 31.2 Å². The van der Waals surface area contributed by atoms with Gasteiger partial charge in [0.2, 0.25) is 0 Å². The van der Waals surface area contributed by atoms with Gasteiger partial charge < -0.3 is 25.2 Å². The van der Waals surface area contributed by atoms with Gasteiger partial charge in [0.05, 0.1) is 16.7 Å². The minimum atomic E-state index is -1.29. The van der Waals surface area contributed by atoms with Crippen molar-refractivity contribution in [3.63, 3.8) is 0 Å². The van der Waals surface area contributed by atoms with Gasteiger partial charge in [-0.3, -0.25) is 14.4 Å². The molecule has 39 heavy (non-hydrogen) atoms. The number of anilines is 2. The third kappa shape index (κ3) is 6.28. The van der Waals surface area contributed by atoms with Gasteiger partial charge in [-0.15, -0.1) is 0 Å². The minimum absolute atomic E-state index is 0.0381. The predicted octanol–water partition coefficient (Wildman–Crippen LogP) is 5.88. The number of carboxylic acids is 1. The molecule has 0 bridgehead atoms. The van der Waals surface area contributed by atoms with Crippen molar-refractivity contribution in [2.75, 3.05) is 17.7 Å². The maximum Gasteiger partial charge on any atom is 0.336 e. The van der Waals surface area contributed by atoms with Crippen LogP contribution in [0.15, 0.2) is 84.9 Å². The number of benzene rings is 4. The van der Waals surface area contributed by atoms with Crippen molar-refractivity contribution in [3.05, 3.63) is 102 Å². The highest BCUT2D eigenvalue weighted by Gasteiger charge is 2.19. The molecule has 0 atom stereocenters. The molecular weight excluding hydrogens is 500 g/mol. The van der Waals surface area contributed by atoms with E-state index in [9.17, 15) is 24.3 Å². The second-order valence-electron chi connectivity index (χ2n) is 8.40. The lowest BCUT2D eigenvalue weighted by Gasteiger charge is -2.12. The molecule has 4 rings (SSSR count). The van der Waals surface area contributed by atoms with E-state index in [4.69, 9.17) is 9.47 Å². The number of ketones is 1. The number of hydrogen-bond acceptors (Lipinski definition) is 7. The summed E-state index contributed by atoms with van der Waals surface area (Å²) in [5.74, 6) is -0.907. The normalized spacial score (nSPS) is 10.3. The fraction of sp³-hybridized carbons (Fsp3) is 0.0667. The van der Waals surface area contributed by atoms with Crippen molar-refractivity contribution in [2.45, 2.75) is 6.92 Å². The Bertz CT molecular complexity index is 1550. The zero-order valence-corrected chi connectivity index (χ0v) is 21.1. The average molecular weight is 525 g/mol. The number of carbonyl (C=O) groups is 4. The van der Waals surface area contributed by atoms with Crippen LogP contribution in [0.1, 0.15) is 38.0 Å². The zero-order chi connectivity index (χ0) is 27.9. The molecule has 3 N–H and O–H groups in total. The second-order valence-corrected chi connectivity index (χ2v) is 8.40. The molecule has 0 saturated carbocycles. The van der Waals surface area contributed by atoms with Gasteiger partial charge in [-0.05, 0) is 90.8 Å². The highest BCUT2D eigenvalue weighted by Crippen LogP contribution is 2.29. The summed E-state index contributed by atoms with van der Waals surface area (Å²) in [6.45, 7) is 1.55. The number of ether oxygens (including phenoxy) is 2. The zero-order valence-electron chi connectivity index (χ0n) is 21.1. The lowest BCUT2D eigenvalue weighted by Crippen LogP contribution is -2.16. The fourth-order valence-corrected chi connectivity index (χ4v) is 3.87. The summed E-state index contributed by atoms with van der Waals surface area (Å²) in [5, 5.41) is 15.5. The van der Waals surface area contributed by atoms with E-state index >= 15 is 0 Å². The molecule has 0 fully saturated rings. The average Bonchev–Trinajstić information content (AvgIpc) is 2.94. The van der Waals surface area contributed by atoms with Crippen LogP contribution in [-0.4, -0.2) is 36.3 Å². The highest BCUT2D eigenvalue weighted by atomic mass is 16.5. The number of hydrogen-bond donors (Lipinski definition) is 3. The maximum atomic E-state index is 13.0. The monoisotopic (exact) mass is 524 g/mol. The van der Waals surface area contributed by atoms with Gasteiger partial charge in [-0.25, -0.2) is 4.79 Å². The van der Waals surface area contributed by atoms with E-state index in [-0.39, 0.29) is 34.7 Å². The summed E-state index contributed by atoms with van der Waals surface area (Å²) < 4.78 is 10.7. The summed E-state index contributed by atoms with van der Waals surface area (Å²) in [7, 11) is 1.83. The lowest BCUT2D eigenvalue weighted by atomic mass is 9.96. The SMILES string of the molecule is CNc1ccc(Oc2ccc(NC(=O)c3ccc(-c4ccc(OC=O)c(C(C)=O)c4)cc3C(=O)O)cc2)cc1. The van der Waals surface area contributed by atoms with Crippen molar-refractivity contribution >= 4 is 35.5 Å². The van der Waals surface area contributed by atoms with Crippen molar-refractivity contribution in [1.29, 1.82) is 0 Å². The Morgan fingerprint density at radius 2 is 1.31 bits per heavy atom. The number of nitrogens with one attached hydrogen (secondary N) is 2. The summed E-state index contributed by atoms with van der Waals surface area (Å²) in [6, 6.07) is 23.0. The Morgan fingerprint density at radius 1 is 0.744 bits per heavy atom. The van der Waals surface area contributed by atoms with Crippen LogP contribution >= 0.6 is 0 Å². The largest absolute Gasteiger partial charge is 0.478 e. The Balaban J connectivity index is 1.53. The Morgan fingerprint density at radius 3 is 1.85 bits per heavy atom. The van der Waals surface area contributed by atoms with E-state index in [1.807, 2.05) is 31.3 Å². The molecule has 9 nitrogen and oxygen atoms in total. The van der Waals surface area contributed by atoms with Crippen LogP contribution in [0, 0.1) is 0 Å². The number of carboxylic acid groups (broad SMARTS) is 1. The molecule has 0 saturated heterocycles. The van der Waals surface area contributed by atoms with Crippen LogP contribution < -0.4 is 20.1 Å². The molecule has 0 aromatic heterocycles. The molecule has 0 aliphatic carbocycles. The fourth-order valence-electron chi connectivity index (χ4n) is 3.87. The van der Waals surface area contributed by atoms with Crippen molar-refractivity contribution in [3.8, 4) is 28.4 Å². The number of amides is 1. The molecular formula is C30H24N2O7. The summed E-state index contributed by atoms with van der Waals surface area (Å²) in [4.78, 5) is 47.7. The molecule has 0 aliphatic heterocycles. The quantitative estimate of drug-likeness (QED) is 0.173. The lowest BCUT2D eigenvalue weighted by molar-refractivity contribution is -0.120. The van der Waals surface area contributed by atoms with Crippen LogP contribution in [0.5, 0.6) is 17.2 Å². The summed E-state index contributed by atoms with van der Waals surface area (Å²) >= 11 is 0. The number of rotatable bonds is 10. The molecule has 0 radical (unpaired) electrons. The first-order valence-electron chi connectivity index (χ1n) is 11.8. The maximum absolute atomic E-state index is 13.0. The van der Waals surface area contributed by atoms with Gasteiger partial charge in [-0.2, -0.15) is 0 Å². The van der Waals surface area contributed by atoms with E-state index in [0.29, 0.717) is 28.3 Å². The predicted molar refractivity (Wildman–Crippen MR) is 146 cm³/mol. The first kappa shape index (κ1) is 26.6. The topological polar surface area (TPSA) is 131 Å². The molecule has 4 aromatic carbocycles. The van der Waals surface area contributed by atoms with Gasteiger partial charge in [0.15, 0.2) is 5.78 Å². The first-order chi connectivity index (χ1) is 18.8. The van der Waals surface area contributed by atoms with Crippen molar-refractivity contribution in [2.24, 2.45) is 0 Å². The Labute approximate surface area is 224 Å². The third-order valence-electron chi connectivity index (χ3n) is 5.85. The standard InChI is InChI=1S/C30H24N2O7/c1-18(34)26-15-20(4-14-28(26)38-17-33)19-3-13-25(27(16-19)30(36)37)29(35)32-22-7-11-24(12-8-22)39-23-9-5-21(31-2)6-10-23/h3-17,31H,1-2H3,(H,32,35)(H,36,37). The van der Waals surface area contributed by atoms with Crippen LogP contribution in [-0.2, 0) is 4.79 Å². The van der Waals surface area contributed by atoms with Crippen molar-refractivity contribution in [1.82, 2.24) is 0 Å². The molecule has 0 spiro atoms. The van der Waals surface area contributed by atoms with Crippen LogP contribution in [0.2, 0.25) is 0 Å². The summed E-state index contributed by atoms with van der Waals surface area (Å²) in [6.07, 6.45) is 0. The van der Waals surface area contributed by atoms with Gasteiger partial charge in [0, 0.05) is 18.4 Å². The van der Waals surface area contributed by atoms with E-state index < -0.39 is 11.9 Å². The van der Waals surface area contributed by atoms with Crippen LogP contribution in [0.25, 0.3) is 11.1 Å². The van der Waals surface area contributed by atoms with Crippen LogP contribution in [0.3, 0.4) is 0 Å². The number of aromatic carboxylic acids is 1. The van der Waals surface area contributed by atoms with Gasteiger partial charge >= 0.3 is 5.97 Å². The highest BCUT2D eigenvalue weighted by molar-refractivity contribution is 6.11. The molecule has 4 aromatic rings. The molecule has 9 heteroatoms. The molecule has 0 aliphatic rings. The smallest absolute Gasteiger partial charge is 0.336 e. The number of Topliss-reactive ketones (excluding diaryl/α,β-unsaturated/α-hetero) is 1. The van der Waals surface area contributed by atoms with Crippen molar-refractivity contribution < 1.29 is 33.8 Å². The molecule has 196 valence electrons. The molecule has 0 heterocycles. The molecule has 0 unspecified atom stereocenters. The summed E-state index contributed by atoms with van der Waals surface area (Å²) in [5.41, 5.74) is 2.31.